The van der Waals surface area contributed by atoms with Gasteiger partial charge in [0.05, 0.1) is 23.1 Å². The van der Waals surface area contributed by atoms with E-state index in [2.05, 4.69) is 31.6 Å². The van der Waals surface area contributed by atoms with Crippen molar-refractivity contribution in [2.45, 2.75) is 26.2 Å². The van der Waals surface area contributed by atoms with E-state index in [1.807, 2.05) is 6.92 Å². The zero-order valence-electron chi connectivity index (χ0n) is 16.8. The molecule has 2 aromatic rings. The number of piperidine rings is 1. The number of anilines is 3. The van der Waals surface area contributed by atoms with Gasteiger partial charge in [-0.3, -0.25) is 9.88 Å². The van der Waals surface area contributed by atoms with Gasteiger partial charge in [-0.15, -0.1) is 0 Å². The van der Waals surface area contributed by atoms with Crippen LogP contribution < -0.4 is 15.5 Å². The van der Waals surface area contributed by atoms with E-state index in [4.69, 9.17) is 0 Å². The highest BCUT2D eigenvalue weighted by molar-refractivity contribution is 6.03. The SMILES string of the molecule is CCNc1ncc(C#N)cc1N(CCN1CCCCC1)C(=O)Nc1cccnc1. The fourth-order valence-corrected chi connectivity index (χ4v) is 3.41. The zero-order valence-corrected chi connectivity index (χ0v) is 16.8. The van der Waals surface area contributed by atoms with E-state index in [1.165, 1.54) is 25.5 Å². The van der Waals surface area contributed by atoms with Gasteiger partial charge >= 0.3 is 6.03 Å². The first-order valence-electron chi connectivity index (χ1n) is 10.1. The van der Waals surface area contributed by atoms with E-state index in [0.717, 1.165) is 19.6 Å². The molecule has 2 N–H and O–H groups in total. The smallest absolute Gasteiger partial charge is 0.326 e. The van der Waals surface area contributed by atoms with Crippen LogP contribution in [0, 0.1) is 11.3 Å². The lowest BCUT2D eigenvalue weighted by atomic mass is 10.1. The molecule has 1 fully saturated rings. The fourth-order valence-electron chi connectivity index (χ4n) is 3.41. The molecule has 1 aliphatic rings. The van der Waals surface area contributed by atoms with Gasteiger partial charge in [-0.2, -0.15) is 5.26 Å². The lowest BCUT2D eigenvalue weighted by Crippen LogP contribution is -2.42. The molecule has 8 heteroatoms. The molecule has 0 unspecified atom stereocenters. The van der Waals surface area contributed by atoms with Crippen molar-refractivity contribution in [3.8, 4) is 6.07 Å². The molecule has 1 aliphatic heterocycles. The number of nitriles is 1. The Morgan fingerprint density at radius 1 is 1.31 bits per heavy atom. The highest BCUT2D eigenvalue weighted by Gasteiger charge is 2.22. The number of nitrogens with one attached hydrogen (secondary N) is 2. The molecule has 0 aromatic carbocycles. The third-order valence-corrected chi connectivity index (χ3v) is 4.88. The first-order valence-corrected chi connectivity index (χ1v) is 10.1. The number of carbonyl (C=O) groups is 1. The number of amides is 2. The topological polar surface area (TPSA) is 97.2 Å². The van der Waals surface area contributed by atoms with Gasteiger partial charge in [0.15, 0.2) is 0 Å². The molecule has 0 saturated carbocycles. The Morgan fingerprint density at radius 3 is 2.83 bits per heavy atom. The minimum atomic E-state index is -0.272. The number of rotatable bonds is 7. The molecule has 2 aromatic heterocycles. The first-order chi connectivity index (χ1) is 14.2. The minimum absolute atomic E-state index is 0.272. The van der Waals surface area contributed by atoms with Gasteiger partial charge in [0.1, 0.15) is 11.9 Å². The van der Waals surface area contributed by atoms with Gasteiger partial charge in [0.25, 0.3) is 0 Å². The molecule has 152 valence electrons. The van der Waals surface area contributed by atoms with Gasteiger partial charge < -0.3 is 15.5 Å². The number of carbonyl (C=O) groups excluding carboxylic acids is 1. The van der Waals surface area contributed by atoms with Crippen molar-refractivity contribution in [3.63, 3.8) is 0 Å². The van der Waals surface area contributed by atoms with E-state index in [9.17, 15) is 10.1 Å². The third kappa shape index (κ3) is 5.65. The molecule has 0 radical (unpaired) electrons. The van der Waals surface area contributed by atoms with Crippen molar-refractivity contribution >= 4 is 23.2 Å². The summed E-state index contributed by atoms with van der Waals surface area (Å²) in [6, 6.07) is 7.12. The van der Waals surface area contributed by atoms with Crippen LogP contribution in [0.4, 0.5) is 22.0 Å². The number of hydrogen-bond acceptors (Lipinski definition) is 6. The van der Waals surface area contributed by atoms with Gasteiger partial charge in [0, 0.05) is 32.0 Å². The summed E-state index contributed by atoms with van der Waals surface area (Å²) >= 11 is 0. The Balaban J connectivity index is 1.86. The highest BCUT2D eigenvalue weighted by atomic mass is 16.2. The summed E-state index contributed by atoms with van der Waals surface area (Å²) in [6.07, 6.45) is 8.43. The zero-order chi connectivity index (χ0) is 20.5. The molecule has 0 atom stereocenters. The molecule has 2 amide bonds. The molecule has 8 nitrogen and oxygen atoms in total. The number of likely N-dealkylation sites (tertiary alicyclic amines) is 1. The molecule has 1 saturated heterocycles. The third-order valence-electron chi connectivity index (χ3n) is 4.88. The molecular weight excluding hydrogens is 366 g/mol. The van der Waals surface area contributed by atoms with Crippen LogP contribution in [0.3, 0.4) is 0 Å². The Hall–Kier alpha value is -3.18. The Kier molecular flexibility index (Phi) is 7.36. The number of nitrogens with zero attached hydrogens (tertiary/aromatic N) is 5. The quantitative estimate of drug-likeness (QED) is 0.749. The summed E-state index contributed by atoms with van der Waals surface area (Å²) in [4.78, 5) is 25.6. The molecule has 0 spiro atoms. The first kappa shape index (κ1) is 20.6. The average Bonchev–Trinajstić information content (AvgIpc) is 2.76. The Bertz CT molecular complexity index is 844. The second-order valence-corrected chi connectivity index (χ2v) is 6.96. The Labute approximate surface area is 171 Å². The molecule has 0 aliphatic carbocycles. The average molecular weight is 393 g/mol. The van der Waals surface area contributed by atoms with Crippen LogP contribution in [0.15, 0.2) is 36.8 Å². The fraction of sp³-hybridized carbons (Fsp3) is 0.429. The van der Waals surface area contributed by atoms with Crippen molar-refractivity contribution in [3.05, 3.63) is 42.4 Å². The van der Waals surface area contributed by atoms with E-state index in [-0.39, 0.29) is 6.03 Å². The summed E-state index contributed by atoms with van der Waals surface area (Å²) in [5.41, 5.74) is 1.64. The second-order valence-electron chi connectivity index (χ2n) is 6.96. The molecule has 29 heavy (non-hydrogen) atoms. The number of hydrogen-bond donors (Lipinski definition) is 2. The van der Waals surface area contributed by atoms with Crippen molar-refractivity contribution in [1.82, 2.24) is 14.9 Å². The lowest BCUT2D eigenvalue weighted by Gasteiger charge is -2.31. The summed E-state index contributed by atoms with van der Waals surface area (Å²) < 4.78 is 0. The molecule has 3 heterocycles. The van der Waals surface area contributed by atoms with Crippen molar-refractivity contribution in [2.24, 2.45) is 0 Å². The number of aromatic nitrogens is 2. The van der Waals surface area contributed by atoms with Crippen molar-refractivity contribution in [1.29, 1.82) is 5.26 Å². The summed E-state index contributed by atoms with van der Waals surface area (Å²) in [7, 11) is 0. The van der Waals surface area contributed by atoms with Crippen LogP contribution in [0.1, 0.15) is 31.7 Å². The van der Waals surface area contributed by atoms with Crippen LogP contribution in [0.2, 0.25) is 0 Å². The van der Waals surface area contributed by atoms with Gasteiger partial charge in [-0.25, -0.2) is 9.78 Å². The van der Waals surface area contributed by atoms with E-state index in [1.54, 1.807) is 35.5 Å². The van der Waals surface area contributed by atoms with Crippen LogP contribution in [-0.4, -0.2) is 53.6 Å². The van der Waals surface area contributed by atoms with Gasteiger partial charge in [0.2, 0.25) is 0 Å². The number of pyridine rings is 2. The summed E-state index contributed by atoms with van der Waals surface area (Å²) in [5, 5.41) is 15.4. The second kappa shape index (κ2) is 10.4. The van der Waals surface area contributed by atoms with Crippen LogP contribution in [0.5, 0.6) is 0 Å². The van der Waals surface area contributed by atoms with Crippen LogP contribution in [-0.2, 0) is 0 Å². The largest absolute Gasteiger partial charge is 0.369 e. The van der Waals surface area contributed by atoms with Crippen molar-refractivity contribution < 1.29 is 4.79 Å². The maximum absolute atomic E-state index is 13.2. The van der Waals surface area contributed by atoms with Gasteiger partial charge in [-0.1, -0.05) is 6.42 Å². The van der Waals surface area contributed by atoms with E-state index < -0.39 is 0 Å². The molecule has 3 rings (SSSR count). The van der Waals surface area contributed by atoms with E-state index in [0.29, 0.717) is 35.8 Å². The van der Waals surface area contributed by atoms with E-state index >= 15 is 0 Å². The Morgan fingerprint density at radius 2 is 2.14 bits per heavy atom. The normalized spacial score (nSPS) is 14.1. The van der Waals surface area contributed by atoms with Crippen LogP contribution in [0.25, 0.3) is 0 Å². The standard InChI is InChI=1S/C21H27N7O/c1-2-24-20-19(13-17(14-22)15-25-20)28(12-11-27-9-4-3-5-10-27)21(29)26-18-7-6-8-23-16-18/h6-8,13,15-16H,2-5,9-12H2,1H3,(H,24,25)(H,26,29). The maximum Gasteiger partial charge on any atom is 0.326 e. The maximum atomic E-state index is 13.2. The monoisotopic (exact) mass is 393 g/mol. The predicted molar refractivity (Wildman–Crippen MR) is 114 cm³/mol. The summed E-state index contributed by atoms with van der Waals surface area (Å²) in [5.74, 6) is 0.589. The number of urea groups is 1. The minimum Gasteiger partial charge on any atom is -0.369 e. The van der Waals surface area contributed by atoms with Gasteiger partial charge in [-0.05, 0) is 51.1 Å². The predicted octanol–water partition coefficient (Wildman–Crippen LogP) is 3.30. The lowest BCUT2D eigenvalue weighted by molar-refractivity contribution is 0.230. The summed E-state index contributed by atoms with van der Waals surface area (Å²) in [6.45, 7) is 6.00. The molecule has 0 bridgehead atoms. The van der Waals surface area contributed by atoms with Crippen LogP contribution >= 0.6 is 0 Å². The highest BCUT2D eigenvalue weighted by Crippen LogP contribution is 2.26. The molecular formula is C21H27N7O. The van der Waals surface area contributed by atoms with Crippen molar-refractivity contribution in [2.75, 3.05) is 48.3 Å².